The number of ether oxygens (including phenoxy) is 1. The molecule has 1 N–H and O–H groups in total. The molecular weight excluding hydrogens is 322 g/mol. The molecule has 130 valence electrons. The second-order valence-electron chi connectivity index (χ2n) is 5.59. The molecule has 0 fully saturated rings. The zero-order valence-electron chi connectivity index (χ0n) is 14.3. The summed E-state index contributed by atoms with van der Waals surface area (Å²) in [7, 11) is 0. The van der Waals surface area contributed by atoms with Crippen LogP contribution in [0.2, 0.25) is 0 Å². The van der Waals surface area contributed by atoms with Gasteiger partial charge < -0.3 is 4.74 Å². The summed E-state index contributed by atoms with van der Waals surface area (Å²) in [6, 6.07) is 9.95. The number of nitrogens with one attached hydrogen (secondary N) is 1. The fourth-order valence-electron chi connectivity index (χ4n) is 2.26. The first-order valence-electron chi connectivity index (χ1n) is 7.64. The first-order valence-corrected chi connectivity index (χ1v) is 7.64. The number of aryl methyl sites for hydroxylation is 1. The molecule has 0 aliphatic carbocycles. The Bertz CT molecular complexity index is 814. The van der Waals surface area contributed by atoms with Crippen molar-refractivity contribution in [3.05, 3.63) is 68.8 Å². The molecule has 0 aromatic heterocycles. The van der Waals surface area contributed by atoms with Crippen LogP contribution in [0.3, 0.4) is 0 Å². The van der Waals surface area contributed by atoms with Crippen LogP contribution in [-0.2, 0) is 16.1 Å². The van der Waals surface area contributed by atoms with Gasteiger partial charge in [-0.2, -0.15) is 5.10 Å². The fourth-order valence-corrected chi connectivity index (χ4v) is 2.26. The topological polar surface area (TPSA) is 93.8 Å². The number of benzene rings is 2. The third-order valence-electron chi connectivity index (χ3n) is 3.61. The largest absolute Gasteiger partial charge is 0.461 e. The lowest BCUT2D eigenvalue weighted by Crippen LogP contribution is -2.03. The number of hydrazone groups is 1. The number of nitro groups is 1. The molecule has 25 heavy (non-hydrogen) atoms. The van der Waals surface area contributed by atoms with Crippen molar-refractivity contribution in [1.82, 2.24) is 0 Å². The molecule has 0 heterocycles. The number of rotatable bonds is 6. The van der Waals surface area contributed by atoms with E-state index in [1.165, 1.54) is 19.1 Å². The van der Waals surface area contributed by atoms with Crippen molar-refractivity contribution < 1.29 is 14.5 Å². The van der Waals surface area contributed by atoms with Crippen molar-refractivity contribution in [2.24, 2.45) is 5.10 Å². The van der Waals surface area contributed by atoms with E-state index in [0.29, 0.717) is 5.69 Å². The number of carbonyl (C=O) groups excluding carboxylic acids is 1. The van der Waals surface area contributed by atoms with Gasteiger partial charge in [0.25, 0.3) is 5.69 Å². The zero-order chi connectivity index (χ0) is 18.4. The van der Waals surface area contributed by atoms with Crippen molar-refractivity contribution in [2.75, 3.05) is 5.43 Å². The predicted molar refractivity (Wildman–Crippen MR) is 95.7 cm³/mol. The standard InChI is InChI=1S/C18H19N3O4/c1-12-8-15(13(2)16(9-12)11-25-14(3)22)10-19-20-17-4-6-18(7-5-17)21(23)24/h4-10,20H,11H2,1-3H3. The lowest BCUT2D eigenvalue weighted by atomic mass is 10.0. The molecule has 2 aromatic rings. The van der Waals surface area contributed by atoms with E-state index in [4.69, 9.17) is 4.74 Å². The number of esters is 1. The zero-order valence-corrected chi connectivity index (χ0v) is 14.3. The summed E-state index contributed by atoms with van der Waals surface area (Å²) in [5.41, 5.74) is 7.34. The number of nitrogens with zero attached hydrogens (tertiary/aromatic N) is 2. The third kappa shape index (κ3) is 5.13. The van der Waals surface area contributed by atoms with Crippen LogP contribution in [0.1, 0.15) is 29.2 Å². The maximum atomic E-state index is 11.0. The van der Waals surface area contributed by atoms with E-state index >= 15 is 0 Å². The average molecular weight is 341 g/mol. The summed E-state index contributed by atoms with van der Waals surface area (Å²) in [6.45, 7) is 5.49. The monoisotopic (exact) mass is 341 g/mol. The van der Waals surface area contributed by atoms with Gasteiger partial charge in [-0.3, -0.25) is 20.3 Å². The third-order valence-corrected chi connectivity index (χ3v) is 3.61. The summed E-state index contributed by atoms with van der Waals surface area (Å²) in [5, 5.41) is 14.8. The van der Waals surface area contributed by atoms with Gasteiger partial charge in [0.2, 0.25) is 0 Å². The Kier molecular flexibility index (Phi) is 5.84. The van der Waals surface area contributed by atoms with Crippen LogP contribution in [0.4, 0.5) is 11.4 Å². The highest BCUT2D eigenvalue weighted by molar-refractivity contribution is 5.83. The molecule has 7 heteroatoms. The molecule has 0 aliphatic heterocycles. The SMILES string of the molecule is CC(=O)OCc1cc(C)cc(C=NNc2ccc([N+](=O)[O-])cc2)c1C. The second-order valence-corrected chi connectivity index (χ2v) is 5.59. The Balaban J connectivity index is 2.11. The van der Waals surface area contributed by atoms with Crippen LogP contribution in [0.5, 0.6) is 0 Å². The predicted octanol–water partition coefficient (Wildman–Crippen LogP) is 3.72. The van der Waals surface area contributed by atoms with Crippen LogP contribution < -0.4 is 5.43 Å². The van der Waals surface area contributed by atoms with E-state index in [0.717, 1.165) is 22.3 Å². The normalized spacial score (nSPS) is 10.7. The summed E-state index contributed by atoms with van der Waals surface area (Å²) in [4.78, 5) is 21.2. The van der Waals surface area contributed by atoms with Crippen LogP contribution in [-0.4, -0.2) is 17.1 Å². The minimum Gasteiger partial charge on any atom is -0.461 e. The smallest absolute Gasteiger partial charge is 0.302 e. The van der Waals surface area contributed by atoms with E-state index in [1.807, 2.05) is 26.0 Å². The quantitative estimate of drug-likeness (QED) is 0.374. The number of nitro benzene ring substituents is 1. The minimum atomic E-state index is -0.451. The maximum Gasteiger partial charge on any atom is 0.302 e. The van der Waals surface area contributed by atoms with Crippen LogP contribution in [0, 0.1) is 24.0 Å². The molecule has 0 atom stereocenters. The number of carbonyl (C=O) groups is 1. The number of hydrogen-bond donors (Lipinski definition) is 1. The van der Waals surface area contributed by atoms with Crippen LogP contribution in [0.25, 0.3) is 0 Å². The van der Waals surface area contributed by atoms with E-state index in [2.05, 4.69) is 10.5 Å². The maximum absolute atomic E-state index is 11.0. The molecule has 0 saturated carbocycles. The Hall–Kier alpha value is -3.22. The fraction of sp³-hybridized carbons (Fsp3) is 0.222. The summed E-state index contributed by atoms with van der Waals surface area (Å²) >= 11 is 0. The van der Waals surface area contributed by atoms with Gasteiger partial charge in [-0.05, 0) is 42.7 Å². The molecule has 0 spiro atoms. The van der Waals surface area contributed by atoms with Crippen molar-refractivity contribution in [3.63, 3.8) is 0 Å². The number of anilines is 1. The van der Waals surface area contributed by atoms with Crippen molar-refractivity contribution in [2.45, 2.75) is 27.4 Å². The highest BCUT2D eigenvalue weighted by Crippen LogP contribution is 2.18. The van der Waals surface area contributed by atoms with Gasteiger partial charge in [-0.1, -0.05) is 17.7 Å². The molecule has 0 aliphatic rings. The van der Waals surface area contributed by atoms with Gasteiger partial charge in [-0.25, -0.2) is 0 Å². The minimum absolute atomic E-state index is 0.0270. The van der Waals surface area contributed by atoms with E-state index in [1.54, 1.807) is 18.3 Å². The number of hydrogen-bond acceptors (Lipinski definition) is 6. The Morgan fingerprint density at radius 2 is 1.96 bits per heavy atom. The lowest BCUT2D eigenvalue weighted by Gasteiger charge is -2.10. The molecule has 2 aromatic carbocycles. The van der Waals surface area contributed by atoms with Gasteiger partial charge in [0, 0.05) is 19.1 Å². The lowest BCUT2D eigenvalue weighted by molar-refractivity contribution is -0.384. The highest BCUT2D eigenvalue weighted by atomic mass is 16.6. The van der Waals surface area contributed by atoms with E-state index in [9.17, 15) is 14.9 Å². The average Bonchev–Trinajstić information content (AvgIpc) is 2.56. The summed E-state index contributed by atoms with van der Waals surface area (Å²) in [5.74, 6) is -0.323. The van der Waals surface area contributed by atoms with Crippen LogP contribution in [0.15, 0.2) is 41.5 Å². The Labute approximate surface area is 145 Å². The molecule has 0 unspecified atom stereocenters. The molecule has 0 amide bonds. The molecule has 2 rings (SSSR count). The molecule has 0 bridgehead atoms. The van der Waals surface area contributed by atoms with E-state index in [-0.39, 0.29) is 18.3 Å². The highest BCUT2D eigenvalue weighted by Gasteiger charge is 2.07. The molecule has 0 radical (unpaired) electrons. The van der Waals surface area contributed by atoms with Gasteiger partial charge in [0.15, 0.2) is 0 Å². The molecule has 0 saturated heterocycles. The summed E-state index contributed by atoms with van der Waals surface area (Å²) < 4.78 is 5.07. The van der Waals surface area contributed by atoms with E-state index < -0.39 is 4.92 Å². The van der Waals surface area contributed by atoms with Crippen molar-refractivity contribution in [3.8, 4) is 0 Å². The van der Waals surface area contributed by atoms with Crippen molar-refractivity contribution in [1.29, 1.82) is 0 Å². The van der Waals surface area contributed by atoms with Crippen molar-refractivity contribution >= 4 is 23.6 Å². The molecule has 7 nitrogen and oxygen atoms in total. The molecular formula is C18H19N3O4. The van der Waals surface area contributed by atoms with Gasteiger partial charge in [0.05, 0.1) is 16.8 Å². The van der Waals surface area contributed by atoms with Gasteiger partial charge >= 0.3 is 5.97 Å². The first-order chi connectivity index (χ1) is 11.9. The summed E-state index contributed by atoms with van der Waals surface area (Å²) in [6.07, 6.45) is 1.67. The Morgan fingerprint density at radius 1 is 1.28 bits per heavy atom. The van der Waals surface area contributed by atoms with Gasteiger partial charge in [0.1, 0.15) is 6.61 Å². The first kappa shape index (κ1) is 18.1. The second kappa shape index (κ2) is 8.05. The van der Waals surface area contributed by atoms with Gasteiger partial charge in [-0.15, -0.1) is 0 Å². The number of non-ortho nitro benzene ring substituents is 1. The Morgan fingerprint density at radius 3 is 2.56 bits per heavy atom. The van der Waals surface area contributed by atoms with Crippen LogP contribution >= 0.6 is 0 Å².